The highest BCUT2D eigenvalue weighted by atomic mass is 16.5. The number of nitrogens with zero attached hydrogens (tertiary/aromatic N) is 2. The van der Waals surface area contributed by atoms with Crippen molar-refractivity contribution in [3.05, 3.63) is 41.7 Å². The van der Waals surface area contributed by atoms with Gasteiger partial charge in [-0.15, -0.1) is 0 Å². The van der Waals surface area contributed by atoms with E-state index in [-0.39, 0.29) is 5.69 Å². The molecule has 0 fully saturated rings. The maximum atomic E-state index is 11.7. The van der Waals surface area contributed by atoms with Gasteiger partial charge < -0.3 is 14.9 Å². The molecule has 0 aliphatic rings. The average molecular weight is 269 g/mol. The van der Waals surface area contributed by atoms with Crippen molar-refractivity contribution in [1.29, 1.82) is 0 Å². The number of methoxy groups -OCH3 is 1. The molecule has 0 aliphatic heterocycles. The lowest BCUT2D eigenvalue weighted by molar-refractivity contribution is 0.0594. The number of para-hydroxylation sites is 1. The van der Waals surface area contributed by atoms with E-state index in [0.717, 1.165) is 16.3 Å². The Morgan fingerprint density at radius 1 is 1.40 bits per heavy atom. The molecule has 0 atom stereocenters. The van der Waals surface area contributed by atoms with Gasteiger partial charge in [-0.3, -0.25) is 0 Å². The fraction of sp³-hybridized carbons (Fsp3) is 0.0714. The van der Waals surface area contributed by atoms with E-state index in [1.165, 1.54) is 13.3 Å². The van der Waals surface area contributed by atoms with Crippen molar-refractivity contribution in [1.82, 2.24) is 9.97 Å². The smallest absolute Gasteiger partial charge is 0.356 e. The first-order valence-electron chi connectivity index (χ1n) is 5.92. The van der Waals surface area contributed by atoms with Gasteiger partial charge in [0.25, 0.3) is 0 Å². The number of hydrogen-bond acceptors (Lipinski definition) is 5. The molecule has 6 heteroatoms. The lowest BCUT2D eigenvalue weighted by Gasteiger charge is -2.01. The van der Waals surface area contributed by atoms with Crippen molar-refractivity contribution in [2.75, 3.05) is 7.11 Å². The molecule has 2 aromatic heterocycles. The molecule has 0 unspecified atom stereocenters. The minimum Gasteiger partial charge on any atom is -0.464 e. The van der Waals surface area contributed by atoms with Crippen LogP contribution in [0.3, 0.4) is 0 Å². The molecule has 0 bridgehead atoms. The topological polar surface area (TPSA) is 87.6 Å². The zero-order valence-corrected chi connectivity index (χ0v) is 10.6. The molecule has 0 amide bonds. The Morgan fingerprint density at radius 3 is 2.95 bits per heavy atom. The fourth-order valence-corrected chi connectivity index (χ4v) is 2.23. The summed E-state index contributed by atoms with van der Waals surface area (Å²) in [5.41, 5.74) is 2.16. The number of rotatable bonds is 2. The quantitative estimate of drug-likeness (QED) is 0.323. The fourth-order valence-electron chi connectivity index (χ4n) is 2.23. The molecule has 2 N–H and O–H groups in total. The number of oxime groups is 1. The number of carbonyl (C=O) groups excluding carboxylic acids is 1. The van der Waals surface area contributed by atoms with Crippen molar-refractivity contribution in [2.24, 2.45) is 5.16 Å². The van der Waals surface area contributed by atoms with E-state index in [2.05, 4.69) is 19.9 Å². The molecular formula is C14H11N3O3. The largest absolute Gasteiger partial charge is 0.464 e. The van der Waals surface area contributed by atoms with Crippen molar-refractivity contribution in [2.45, 2.75) is 0 Å². The highest BCUT2D eigenvalue weighted by molar-refractivity contribution is 6.13. The number of benzene rings is 1. The number of ether oxygens (including phenoxy) is 1. The van der Waals surface area contributed by atoms with Gasteiger partial charge in [0, 0.05) is 16.3 Å². The number of fused-ring (bicyclic) bond motifs is 3. The third kappa shape index (κ3) is 1.78. The number of nitrogens with one attached hydrogen (secondary N) is 1. The third-order valence-corrected chi connectivity index (χ3v) is 3.10. The number of pyridine rings is 1. The number of carbonyl (C=O) groups is 1. The van der Waals surface area contributed by atoms with Gasteiger partial charge in [-0.05, 0) is 12.1 Å². The van der Waals surface area contributed by atoms with Crippen molar-refractivity contribution in [3.8, 4) is 0 Å². The molecule has 0 aliphatic carbocycles. The lowest BCUT2D eigenvalue weighted by atomic mass is 10.1. The van der Waals surface area contributed by atoms with Gasteiger partial charge in [0.1, 0.15) is 11.4 Å². The van der Waals surface area contributed by atoms with Gasteiger partial charge >= 0.3 is 5.97 Å². The molecule has 20 heavy (non-hydrogen) atoms. The van der Waals surface area contributed by atoms with E-state index in [1.54, 1.807) is 6.07 Å². The van der Waals surface area contributed by atoms with Crippen molar-refractivity contribution >= 4 is 34.0 Å². The number of esters is 1. The van der Waals surface area contributed by atoms with Gasteiger partial charge in [0.05, 0.1) is 18.8 Å². The summed E-state index contributed by atoms with van der Waals surface area (Å²) in [6.45, 7) is 0. The summed E-state index contributed by atoms with van der Waals surface area (Å²) < 4.78 is 4.69. The van der Waals surface area contributed by atoms with Crippen LogP contribution in [0.15, 0.2) is 35.5 Å². The van der Waals surface area contributed by atoms with E-state index in [1.807, 2.05) is 24.3 Å². The average Bonchev–Trinajstić information content (AvgIpc) is 2.86. The monoisotopic (exact) mass is 269 g/mol. The molecule has 0 radical (unpaired) electrons. The lowest BCUT2D eigenvalue weighted by Crippen LogP contribution is -2.06. The van der Waals surface area contributed by atoms with Crippen LogP contribution in [0.2, 0.25) is 0 Å². The van der Waals surface area contributed by atoms with Crippen LogP contribution in [0.4, 0.5) is 0 Å². The highest BCUT2D eigenvalue weighted by Gasteiger charge is 2.15. The van der Waals surface area contributed by atoms with Crippen molar-refractivity contribution < 1.29 is 14.7 Å². The molecular weight excluding hydrogens is 258 g/mol. The highest BCUT2D eigenvalue weighted by Crippen LogP contribution is 2.27. The predicted octanol–water partition coefficient (Wildman–Crippen LogP) is 2.31. The number of aromatic amines is 1. The standard InChI is InChI=1S/C14H11N3O3/c1-20-14(18)11-6-9-8-4-2-3-5-10(8)17-13(9)12(16-11)7-15-19/h2-7,17,19H,1H3/b15-7+. The first-order valence-corrected chi connectivity index (χ1v) is 5.92. The van der Waals surface area contributed by atoms with Crippen LogP contribution in [0, 0.1) is 0 Å². The van der Waals surface area contributed by atoms with Crippen LogP contribution < -0.4 is 0 Å². The van der Waals surface area contributed by atoms with Crippen molar-refractivity contribution in [3.63, 3.8) is 0 Å². The summed E-state index contributed by atoms with van der Waals surface area (Å²) in [6, 6.07) is 9.34. The normalized spacial score (nSPS) is 11.4. The van der Waals surface area contributed by atoms with E-state index in [9.17, 15) is 4.79 Å². The van der Waals surface area contributed by atoms with Gasteiger partial charge in [-0.25, -0.2) is 9.78 Å². The molecule has 0 spiro atoms. The zero-order chi connectivity index (χ0) is 14.1. The van der Waals surface area contributed by atoms with Gasteiger partial charge in [0.15, 0.2) is 0 Å². The third-order valence-electron chi connectivity index (χ3n) is 3.10. The molecule has 2 heterocycles. The van der Waals surface area contributed by atoms with Gasteiger partial charge in [-0.1, -0.05) is 23.4 Å². The second-order valence-corrected chi connectivity index (χ2v) is 4.22. The Morgan fingerprint density at radius 2 is 2.20 bits per heavy atom. The SMILES string of the molecule is COC(=O)c1cc2c([nH]c3ccccc32)c(/C=N/O)n1. The first kappa shape index (κ1) is 12.2. The minimum absolute atomic E-state index is 0.166. The maximum Gasteiger partial charge on any atom is 0.356 e. The Kier molecular flexibility index (Phi) is 2.83. The number of aromatic nitrogens is 2. The maximum absolute atomic E-state index is 11.7. The Hall–Kier alpha value is -2.89. The van der Waals surface area contributed by atoms with E-state index < -0.39 is 5.97 Å². The summed E-state index contributed by atoms with van der Waals surface area (Å²) in [6.07, 6.45) is 1.18. The summed E-state index contributed by atoms with van der Waals surface area (Å²) in [5, 5.41) is 13.5. The number of hydrogen-bond donors (Lipinski definition) is 2. The van der Waals surface area contributed by atoms with Crippen LogP contribution in [-0.4, -0.2) is 34.5 Å². The molecule has 3 aromatic rings. The van der Waals surface area contributed by atoms with Crippen LogP contribution in [0.25, 0.3) is 21.8 Å². The second-order valence-electron chi connectivity index (χ2n) is 4.22. The first-order chi connectivity index (χ1) is 9.74. The molecule has 3 rings (SSSR count). The molecule has 0 saturated heterocycles. The van der Waals surface area contributed by atoms with E-state index in [0.29, 0.717) is 11.2 Å². The summed E-state index contributed by atoms with van der Waals surface area (Å²) >= 11 is 0. The van der Waals surface area contributed by atoms with E-state index in [4.69, 9.17) is 5.21 Å². The Bertz CT molecular complexity index is 836. The van der Waals surface area contributed by atoms with E-state index >= 15 is 0 Å². The summed E-state index contributed by atoms with van der Waals surface area (Å²) in [4.78, 5) is 19.0. The molecule has 0 saturated carbocycles. The summed E-state index contributed by atoms with van der Waals surface area (Å²) in [5.74, 6) is -0.537. The minimum atomic E-state index is -0.537. The van der Waals surface area contributed by atoms with Crippen LogP contribution >= 0.6 is 0 Å². The second kappa shape index (κ2) is 4.65. The molecule has 100 valence electrons. The molecule has 1 aromatic carbocycles. The van der Waals surface area contributed by atoms with Gasteiger partial charge in [-0.2, -0.15) is 0 Å². The predicted molar refractivity (Wildman–Crippen MR) is 74.3 cm³/mol. The van der Waals surface area contributed by atoms with Crippen LogP contribution in [-0.2, 0) is 4.74 Å². The number of H-pyrrole nitrogens is 1. The van der Waals surface area contributed by atoms with Crippen LogP contribution in [0.5, 0.6) is 0 Å². The molecule has 6 nitrogen and oxygen atoms in total. The Labute approximate surface area is 113 Å². The summed E-state index contributed by atoms with van der Waals surface area (Å²) in [7, 11) is 1.29. The van der Waals surface area contributed by atoms with Crippen LogP contribution in [0.1, 0.15) is 16.2 Å². The zero-order valence-electron chi connectivity index (χ0n) is 10.6. The van der Waals surface area contributed by atoms with Gasteiger partial charge in [0.2, 0.25) is 0 Å². The Balaban J connectivity index is 2.41.